The molecule has 4 heteroatoms. The normalized spacial score (nSPS) is 56.7. The van der Waals surface area contributed by atoms with Crippen LogP contribution in [0, 0.1) is 0 Å². The van der Waals surface area contributed by atoms with E-state index >= 15 is 0 Å². The molecule has 2 aliphatic rings. The second kappa shape index (κ2) is 1.85. The van der Waals surface area contributed by atoms with Crippen LogP contribution in [0.25, 0.3) is 0 Å². The molecule has 9 heavy (non-hydrogen) atoms. The maximum atomic E-state index is 9.09. The monoisotopic (exact) mass is 148 g/mol. The van der Waals surface area contributed by atoms with Gasteiger partial charge in [0.05, 0.1) is 11.4 Å². The van der Waals surface area contributed by atoms with Gasteiger partial charge in [0.2, 0.25) is 0 Å². The largest absolute Gasteiger partial charge is 0.387 e. The van der Waals surface area contributed by atoms with Crippen LogP contribution in [0.15, 0.2) is 0 Å². The minimum atomic E-state index is -0.935. The highest BCUT2D eigenvalue weighted by Crippen LogP contribution is 2.40. The maximum absolute atomic E-state index is 9.09. The molecule has 0 amide bonds. The van der Waals surface area contributed by atoms with Crippen LogP contribution in [0.2, 0.25) is 0 Å². The van der Waals surface area contributed by atoms with Gasteiger partial charge in [-0.1, -0.05) is 0 Å². The molecule has 2 heterocycles. The molecule has 0 aliphatic carbocycles. The van der Waals surface area contributed by atoms with Gasteiger partial charge >= 0.3 is 0 Å². The number of aliphatic hydroxyl groups is 2. The molecule has 4 atom stereocenters. The van der Waals surface area contributed by atoms with Crippen molar-refractivity contribution in [1.29, 1.82) is 0 Å². The molecule has 2 rings (SSSR count). The van der Waals surface area contributed by atoms with Crippen LogP contribution in [0.3, 0.4) is 0 Å². The first-order chi connectivity index (χ1) is 4.29. The lowest BCUT2D eigenvalue weighted by molar-refractivity contribution is -0.122. The van der Waals surface area contributed by atoms with Crippen LogP contribution in [0.4, 0.5) is 0 Å². The highest BCUT2D eigenvalue weighted by Gasteiger charge is 2.49. The Balaban J connectivity index is 2.07. The second-order valence-electron chi connectivity index (χ2n) is 2.35. The summed E-state index contributed by atoms with van der Waals surface area (Å²) < 4.78 is 4.96. The van der Waals surface area contributed by atoms with Crippen molar-refractivity contribution in [2.75, 3.05) is 5.75 Å². The number of thioether (sulfide) groups is 1. The van der Waals surface area contributed by atoms with E-state index in [-0.39, 0.29) is 11.4 Å². The van der Waals surface area contributed by atoms with Crippen molar-refractivity contribution in [1.82, 2.24) is 0 Å². The molecule has 0 saturated carbocycles. The Bertz CT molecular complexity index is 125. The number of fused-ring (bicyclic) bond motifs is 1. The molecule has 0 aromatic rings. The lowest BCUT2D eigenvalue weighted by Gasteiger charge is -2.28. The van der Waals surface area contributed by atoms with E-state index in [1.165, 1.54) is 0 Å². The molecule has 2 fully saturated rings. The lowest BCUT2D eigenvalue weighted by atomic mass is 10.2. The van der Waals surface area contributed by atoms with Crippen molar-refractivity contribution >= 4 is 11.8 Å². The van der Waals surface area contributed by atoms with E-state index in [9.17, 15) is 0 Å². The molecule has 1 unspecified atom stereocenters. The zero-order valence-corrected chi connectivity index (χ0v) is 5.54. The van der Waals surface area contributed by atoms with Crippen LogP contribution < -0.4 is 0 Å². The van der Waals surface area contributed by atoms with E-state index in [2.05, 4.69) is 0 Å². The molecule has 0 spiro atoms. The molecule has 2 aliphatic heterocycles. The van der Waals surface area contributed by atoms with Crippen LogP contribution in [-0.2, 0) is 4.74 Å². The van der Waals surface area contributed by atoms with Gasteiger partial charge in [-0.15, -0.1) is 0 Å². The Kier molecular flexibility index (Phi) is 1.23. The third-order valence-electron chi connectivity index (χ3n) is 1.76. The summed E-state index contributed by atoms with van der Waals surface area (Å²) in [5, 5.41) is 18.1. The Morgan fingerprint density at radius 2 is 2.22 bits per heavy atom. The van der Waals surface area contributed by atoms with Gasteiger partial charge in [-0.25, -0.2) is 0 Å². The molecule has 0 aromatic heterocycles. The van der Waals surface area contributed by atoms with Crippen LogP contribution in [0.1, 0.15) is 0 Å². The minimum Gasteiger partial charge on any atom is -0.387 e. The Hall–Kier alpha value is 0.230. The Morgan fingerprint density at radius 3 is 2.44 bits per heavy atom. The van der Waals surface area contributed by atoms with Crippen molar-refractivity contribution in [3.63, 3.8) is 0 Å². The van der Waals surface area contributed by atoms with Crippen molar-refractivity contribution in [3.8, 4) is 0 Å². The first kappa shape index (κ1) is 5.97. The summed E-state index contributed by atoms with van der Waals surface area (Å²) >= 11 is 1.65. The predicted molar refractivity (Wildman–Crippen MR) is 33.1 cm³/mol. The molecule has 52 valence electrons. The zero-order chi connectivity index (χ0) is 6.43. The van der Waals surface area contributed by atoms with Crippen molar-refractivity contribution in [2.45, 2.75) is 23.7 Å². The number of hydrogen-bond donors (Lipinski definition) is 2. The number of rotatable bonds is 0. The Morgan fingerprint density at radius 1 is 1.44 bits per heavy atom. The topological polar surface area (TPSA) is 49.7 Å². The highest BCUT2D eigenvalue weighted by atomic mass is 32.2. The van der Waals surface area contributed by atoms with Gasteiger partial charge < -0.3 is 14.9 Å². The average molecular weight is 148 g/mol. The number of aliphatic hydroxyl groups excluding tert-OH is 2. The quantitative estimate of drug-likeness (QED) is 0.471. The fraction of sp³-hybridized carbons (Fsp3) is 1.00. The van der Waals surface area contributed by atoms with E-state index in [0.29, 0.717) is 0 Å². The SMILES string of the molecule is OC1O[C@@H]2CS[C@@H]2[C@H]1O. The van der Waals surface area contributed by atoms with Gasteiger partial charge in [0.25, 0.3) is 0 Å². The van der Waals surface area contributed by atoms with Gasteiger partial charge in [-0.2, -0.15) is 11.8 Å². The van der Waals surface area contributed by atoms with Crippen LogP contribution in [0.5, 0.6) is 0 Å². The first-order valence-corrected chi connectivity index (χ1v) is 3.97. The summed E-state index contributed by atoms with van der Waals surface area (Å²) in [7, 11) is 0. The van der Waals surface area contributed by atoms with E-state index in [4.69, 9.17) is 14.9 Å². The molecular weight excluding hydrogens is 140 g/mol. The second-order valence-corrected chi connectivity index (χ2v) is 3.56. The number of hydrogen-bond acceptors (Lipinski definition) is 4. The number of ether oxygens (including phenoxy) is 1. The average Bonchev–Trinajstić information content (AvgIpc) is 1.92. The van der Waals surface area contributed by atoms with Gasteiger partial charge in [0.15, 0.2) is 6.29 Å². The van der Waals surface area contributed by atoms with Crippen molar-refractivity contribution in [2.24, 2.45) is 0 Å². The van der Waals surface area contributed by atoms with Gasteiger partial charge in [0, 0.05) is 5.75 Å². The third-order valence-corrected chi connectivity index (χ3v) is 3.25. The highest BCUT2D eigenvalue weighted by molar-refractivity contribution is 8.01. The molecule has 0 radical (unpaired) electrons. The zero-order valence-electron chi connectivity index (χ0n) is 4.73. The summed E-state index contributed by atoms with van der Waals surface area (Å²) in [6.45, 7) is 0. The van der Waals surface area contributed by atoms with Crippen LogP contribution >= 0.6 is 11.8 Å². The van der Waals surface area contributed by atoms with Crippen molar-refractivity contribution in [3.05, 3.63) is 0 Å². The van der Waals surface area contributed by atoms with Gasteiger partial charge in [0.1, 0.15) is 6.10 Å². The first-order valence-electron chi connectivity index (χ1n) is 2.92. The molecule has 3 nitrogen and oxygen atoms in total. The summed E-state index contributed by atoms with van der Waals surface area (Å²) in [6, 6.07) is 0. The van der Waals surface area contributed by atoms with Crippen molar-refractivity contribution < 1.29 is 14.9 Å². The third kappa shape index (κ3) is 0.709. The van der Waals surface area contributed by atoms with E-state index < -0.39 is 12.4 Å². The molecule has 2 saturated heterocycles. The standard InChI is InChI=1S/C5H8O3S/c6-3-4-2(1-9-4)8-5(3)7/h2-7H,1H2/t2-,3-,4+,5?/m1/s1. The summed E-state index contributed by atoms with van der Waals surface area (Å²) in [5.74, 6) is 0.915. The Labute approximate surface area is 57.0 Å². The smallest absolute Gasteiger partial charge is 0.182 e. The van der Waals surface area contributed by atoms with Crippen LogP contribution in [-0.4, -0.2) is 39.7 Å². The molecule has 0 aromatic carbocycles. The lowest BCUT2D eigenvalue weighted by Crippen LogP contribution is -2.38. The molecule has 0 bridgehead atoms. The molecule has 2 N–H and O–H groups in total. The fourth-order valence-corrected chi connectivity index (χ4v) is 2.19. The van der Waals surface area contributed by atoms with Gasteiger partial charge in [-0.05, 0) is 0 Å². The van der Waals surface area contributed by atoms with E-state index in [0.717, 1.165) is 5.75 Å². The summed E-state index contributed by atoms with van der Waals surface area (Å²) in [4.78, 5) is 0. The van der Waals surface area contributed by atoms with E-state index in [1.54, 1.807) is 11.8 Å². The van der Waals surface area contributed by atoms with Gasteiger partial charge in [-0.3, -0.25) is 0 Å². The summed E-state index contributed by atoms with van der Waals surface area (Å²) in [5.41, 5.74) is 0. The van der Waals surface area contributed by atoms with E-state index in [1.807, 2.05) is 0 Å². The minimum absolute atomic E-state index is 0.111. The maximum Gasteiger partial charge on any atom is 0.182 e. The molecular formula is C5H8O3S. The fourth-order valence-electron chi connectivity index (χ4n) is 1.14. The predicted octanol–water partition coefficient (Wildman–Crippen LogP) is -0.820. The summed E-state index contributed by atoms with van der Waals surface area (Å²) in [6.07, 6.45) is -1.48.